The number of piperidine rings is 1. The molecule has 1 saturated heterocycles. The lowest BCUT2D eigenvalue weighted by Crippen LogP contribution is -2.38. The van der Waals surface area contributed by atoms with Crippen molar-refractivity contribution in [3.8, 4) is 0 Å². The Bertz CT molecular complexity index is 1030. The number of H-pyrrole nitrogens is 1. The van der Waals surface area contributed by atoms with E-state index in [9.17, 15) is 13.6 Å². The Labute approximate surface area is 166 Å². The number of nitrogens with one attached hydrogen (secondary N) is 1. The molecule has 0 aliphatic carbocycles. The lowest BCUT2D eigenvalue weighted by molar-refractivity contribution is 0.0706. The summed E-state index contributed by atoms with van der Waals surface area (Å²) in [6, 6.07) is 3.25. The Kier molecular flexibility index (Phi) is 5.06. The van der Waals surface area contributed by atoms with E-state index in [0.29, 0.717) is 43.0 Å². The fourth-order valence-electron chi connectivity index (χ4n) is 3.81. The zero-order valence-electron chi connectivity index (χ0n) is 16.6. The molecule has 1 aliphatic heterocycles. The van der Waals surface area contributed by atoms with Crippen LogP contribution in [-0.4, -0.2) is 44.2 Å². The normalized spacial score (nSPS) is 15.8. The van der Waals surface area contributed by atoms with Crippen LogP contribution in [0.15, 0.2) is 16.7 Å². The maximum absolute atomic E-state index is 13.6. The summed E-state index contributed by atoms with van der Waals surface area (Å²) in [4.78, 5) is 18.9. The van der Waals surface area contributed by atoms with Gasteiger partial charge in [0.15, 0.2) is 0 Å². The van der Waals surface area contributed by atoms with Gasteiger partial charge in [0.2, 0.25) is 0 Å². The number of aromatic nitrogens is 4. The summed E-state index contributed by atoms with van der Waals surface area (Å²) >= 11 is 0. The van der Waals surface area contributed by atoms with Crippen molar-refractivity contribution < 1.29 is 18.1 Å². The highest BCUT2D eigenvalue weighted by molar-refractivity contribution is 5.92. The minimum absolute atomic E-state index is 0.0169. The Morgan fingerprint density at radius 2 is 2.00 bits per heavy atom. The molecule has 3 aromatic rings. The number of carbonyl (C=O) groups is 1. The molecule has 0 bridgehead atoms. The van der Waals surface area contributed by atoms with Gasteiger partial charge >= 0.3 is 0 Å². The van der Waals surface area contributed by atoms with Crippen LogP contribution >= 0.6 is 0 Å². The summed E-state index contributed by atoms with van der Waals surface area (Å²) in [5, 5.41) is 11.1. The van der Waals surface area contributed by atoms with E-state index in [-0.39, 0.29) is 34.4 Å². The van der Waals surface area contributed by atoms with E-state index < -0.39 is 6.43 Å². The monoisotopic (exact) mass is 403 g/mol. The number of carbonyl (C=O) groups excluding carboxylic acids is 1. The fraction of sp³-hybridized carbons (Fsp3) is 0.500. The third-order valence-electron chi connectivity index (χ3n) is 5.54. The molecule has 3 aromatic heterocycles. The van der Waals surface area contributed by atoms with Crippen molar-refractivity contribution in [1.29, 1.82) is 0 Å². The van der Waals surface area contributed by atoms with Crippen LogP contribution < -0.4 is 0 Å². The number of likely N-dealkylation sites (tertiary alicyclic amines) is 1. The second-order valence-electron chi connectivity index (χ2n) is 7.81. The minimum Gasteiger partial charge on any atom is -0.337 e. The van der Waals surface area contributed by atoms with E-state index >= 15 is 0 Å². The maximum atomic E-state index is 13.6. The number of amides is 1. The largest absolute Gasteiger partial charge is 0.337 e. The van der Waals surface area contributed by atoms with Gasteiger partial charge in [0.1, 0.15) is 5.69 Å². The van der Waals surface area contributed by atoms with Gasteiger partial charge in [-0.15, -0.1) is 0 Å². The molecule has 1 aliphatic rings. The predicted molar refractivity (Wildman–Crippen MR) is 102 cm³/mol. The summed E-state index contributed by atoms with van der Waals surface area (Å²) in [5.41, 5.74) is 2.35. The lowest BCUT2D eigenvalue weighted by atomic mass is 9.91. The number of halogens is 2. The number of hydrogen-bond donors (Lipinski definition) is 1. The minimum atomic E-state index is -2.63. The van der Waals surface area contributed by atoms with Gasteiger partial charge in [-0.25, -0.2) is 13.8 Å². The standard InChI is InChI=1S/C20H23F2N5O2/c1-10(2)14-9-16(25-24-14)20(28)27-6-4-12(5-7-27)15-8-13(18(21)22)17-11(3)26-29-19(17)23-15/h8-10,12,18H,4-7H2,1-3H3,(H,24,25). The first kappa shape index (κ1) is 19.5. The Morgan fingerprint density at radius 3 is 2.62 bits per heavy atom. The number of aromatic amines is 1. The van der Waals surface area contributed by atoms with Crippen molar-refractivity contribution in [1.82, 2.24) is 25.2 Å². The topological polar surface area (TPSA) is 87.9 Å². The second kappa shape index (κ2) is 7.53. The van der Waals surface area contributed by atoms with Gasteiger partial charge in [-0.05, 0) is 37.8 Å². The van der Waals surface area contributed by atoms with Gasteiger partial charge in [-0.2, -0.15) is 5.10 Å². The first-order valence-electron chi connectivity index (χ1n) is 9.74. The van der Waals surface area contributed by atoms with E-state index in [0.717, 1.165) is 5.69 Å². The highest BCUT2D eigenvalue weighted by Crippen LogP contribution is 2.35. The smallest absolute Gasteiger partial charge is 0.274 e. The second-order valence-corrected chi connectivity index (χ2v) is 7.81. The number of fused-ring (bicyclic) bond motifs is 1. The van der Waals surface area contributed by atoms with Crippen LogP contribution in [-0.2, 0) is 0 Å². The number of nitrogens with zero attached hydrogens (tertiary/aromatic N) is 4. The molecule has 4 heterocycles. The molecule has 154 valence electrons. The lowest BCUT2D eigenvalue weighted by Gasteiger charge is -2.31. The zero-order chi connectivity index (χ0) is 20.7. The van der Waals surface area contributed by atoms with Gasteiger partial charge in [0.05, 0.1) is 11.1 Å². The Morgan fingerprint density at radius 1 is 1.28 bits per heavy atom. The van der Waals surface area contributed by atoms with E-state index in [1.54, 1.807) is 17.9 Å². The van der Waals surface area contributed by atoms with E-state index in [4.69, 9.17) is 4.52 Å². The van der Waals surface area contributed by atoms with Gasteiger partial charge in [-0.1, -0.05) is 19.0 Å². The number of hydrogen-bond acceptors (Lipinski definition) is 5. The van der Waals surface area contributed by atoms with E-state index in [2.05, 4.69) is 20.3 Å². The number of rotatable bonds is 4. The molecule has 0 atom stereocenters. The number of pyridine rings is 1. The third-order valence-corrected chi connectivity index (χ3v) is 5.54. The van der Waals surface area contributed by atoms with E-state index in [1.165, 1.54) is 6.07 Å². The number of alkyl halides is 2. The molecule has 7 nitrogen and oxygen atoms in total. The highest BCUT2D eigenvalue weighted by Gasteiger charge is 2.29. The molecular weight excluding hydrogens is 380 g/mol. The maximum Gasteiger partial charge on any atom is 0.274 e. The molecular formula is C20H23F2N5O2. The molecule has 0 saturated carbocycles. The summed E-state index contributed by atoms with van der Waals surface area (Å²) < 4.78 is 32.3. The van der Waals surface area contributed by atoms with Crippen LogP contribution in [0.25, 0.3) is 11.1 Å². The molecule has 29 heavy (non-hydrogen) atoms. The molecule has 0 radical (unpaired) electrons. The average Bonchev–Trinajstić information content (AvgIpc) is 3.34. The van der Waals surface area contributed by atoms with Gasteiger partial charge < -0.3 is 9.42 Å². The van der Waals surface area contributed by atoms with Crippen molar-refractivity contribution in [2.24, 2.45) is 0 Å². The number of aryl methyl sites for hydroxylation is 1. The molecule has 1 N–H and O–H groups in total. The van der Waals surface area contributed by atoms with Crippen LogP contribution in [0.4, 0.5) is 8.78 Å². The summed E-state index contributed by atoms with van der Waals surface area (Å²) in [6.45, 7) is 6.73. The van der Waals surface area contributed by atoms with Gasteiger partial charge in [-0.3, -0.25) is 9.89 Å². The van der Waals surface area contributed by atoms with Gasteiger partial charge in [0, 0.05) is 36.0 Å². The summed E-state index contributed by atoms with van der Waals surface area (Å²) in [6.07, 6.45) is -1.35. The van der Waals surface area contributed by atoms with Crippen molar-refractivity contribution in [3.63, 3.8) is 0 Å². The quantitative estimate of drug-likeness (QED) is 0.700. The van der Waals surface area contributed by atoms with Gasteiger partial charge in [0.25, 0.3) is 18.0 Å². The predicted octanol–water partition coefficient (Wildman–Crippen LogP) is 4.34. The van der Waals surface area contributed by atoms with Crippen molar-refractivity contribution in [3.05, 3.63) is 40.5 Å². The molecule has 4 rings (SSSR count). The molecule has 1 fully saturated rings. The van der Waals surface area contributed by atoms with Crippen LogP contribution in [0.1, 0.15) is 78.1 Å². The van der Waals surface area contributed by atoms with Crippen LogP contribution in [0.5, 0.6) is 0 Å². The molecule has 0 unspecified atom stereocenters. The first-order valence-corrected chi connectivity index (χ1v) is 9.74. The fourth-order valence-corrected chi connectivity index (χ4v) is 3.81. The van der Waals surface area contributed by atoms with Crippen molar-refractivity contribution in [2.75, 3.05) is 13.1 Å². The first-order chi connectivity index (χ1) is 13.8. The SMILES string of the molecule is Cc1noc2nc(C3CCN(C(=O)c4cc(C(C)C)[nH]n4)CC3)cc(C(F)F)c12. The van der Waals surface area contributed by atoms with Crippen molar-refractivity contribution >= 4 is 17.0 Å². The highest BCUT2D eigenvalue weighted by atomic mass is 19.3. The van der Waals surface area contributed by atoms with Crippen molar-refractivity contribution in [2.45, 2.75) is 51.9 Å². The van der Waals surface area contributed by atoms with Crippen LogP contribution in [0.2, 0.25) is 0 Å². The Hall–Kier alpha value is -2.84. The zero-order valence-corrected chi connectivity index (χ0v) is 16.6. The molecule has 0 spiro atoms. The van der Waals surface area contributed by atoms with Crippen LogP contribution in [0, 0.1) is 6.92 Å². The molecule has 9 heteroatoms. The molecule has 0 aromatic carbocycles. The summed E-state index contributed by atoms with van der Waals surface area (Å²) in [5.74, 6) is 0.130. The van der Waals surface area contributed by atoms with E-state index in [1.807, 2.05) is 13.8 Å². The van der Waals surface area contributed by atoms with Crippen LogP contribution in [0.3, 0.4) is 0 Å². The molecule has 1 amide bonds. The average molecular weight is 403 g/mol. The summed E-state index contributed by atoms with van der Waals surface area (Å²) in [7, 11) is 0. The third kappa shape index (κ3) is 3.61. The Balaban J connectivity index is 1.50.